The molecule has 1 aliphatic heterocycles. The number of hydrogen-bond acceptors (Lipinski definition) is 3. The van der Waals surface area contributed by atoms with Gasteiger partial charge in [0, 0.05) is 19.6 Å². The molecule has 25 heavy (non-hydrogen) atoms. The summed E-state index contributed by atoms with van der Waals surface area (Å²) >= 11 is 0. The lowest BCUT2D eigenvalue weighted by atomic mass is 9.99. The smallest absolute Gasteiger partial charge is 0.263 e. The van der Waals surface area contributed by atoms with Crippen molar-refractivity contribution in [2.45, 2.75) is 32.4 Å². The third-order valence-corrected chi connectivity index (χ3v) is 4.36. The van der Waals surface area contributed by atoms with Gasteiger partial charge in [0.2, 0.25) is 0 Å². The second kappa shape index (κ2) is 8.88. The molecule has 0 bridgehead atoms. The van der Waals surface area contributed by atoms with Gasteiger partial charge < -0.3 is 15.4 Å². The molecule has 2 aromatic carbocycles. The molecule has 0 aromatic heterocycles. The summed E-state index contributed by atoms with van der Waals surface area (Å²) in [5.41, 5.74) is 9.22. The van der Waals surface area contributed by atoms with Crippen LogP contribution in [0.25, 0.3) is 0 Å². The summed E-state index contributed by atoms with van der Waals surface area (Å²) in [6.45, 7) is 3.62. The van der Waals surface area contributed by atoms with E-state index in [-0.39, 0.29) is 18.3 Å². The summed E-state index contributed by atoms with van der Waals surface area (Å²) in [5, 5.41) is 0. The molecule has 1 aliphatic rings. The van der Waals surface area contributed by atoms with E-state index >= 15 is 0 Å². The van der Waals surface area contributed by atoms with Crippen molar-refractivity contribution in [1.82, 2.24) is 4.90 Å². The number of carbonyl (C=O) groups excluding carboxylic acids is 1. The Morgan fingerprint density at radius 3 is 2.72 bits per heavy atom. The van der Waals surface area contributed by atoms with Gasteiger partial charge in [0.15, 0.2) is 6.10 Å². The minimum atomic E-state index is -0.421. The van der Waals surface area contributed by atoms with E-state index in [1.807, 2.05) is 42.5 Å². The Bertz CT molecular complexity index is 706. The fraction of sp³-hybridized carbons (Fsp3) is 0.350. The minimum Gasteiger partial charge on any atom is -0.480 e. The zero-order valence-corrected chi connectivity index (χ0v) is 15.3. The molecule has 0 unspecified atom stereocenters. The first-order chi connectivity index (χ1) is 11.7. The average molecular weight is 361 g/mol. The van der Waals surface area contributed by atoms with Gasteiger partial charge in [-0.15, -0.1) is 12.4 Å². The number of carbonyl (C=O) groups is 1. The van der Waals surface area contributed by atoms with E-state index in [0.717, 1.165) is 17.7 Å². The van der Waals surface area contributed by atoms with Crippen molar-refractivity contribution < 1.29 is 9.53 Å². The van der Waals surface area contributed by atoms with E-state index in [1.165, 1.54) is 11.1 Å². The van der Waals surface area contributed by atoms with Crippen molar-refractivity contribution in [2.75, 3.05) is 13.1 Å². The normalized spacial score (nSPS) is 15.5. The maximum absolute atomic E-state index is 12.9. The minimum absolute atomic E-state index is 0. The number of hydrogen-bond donors (Lipinski definition) is 1. The van der Waals surface area contributed by atoms with Gasteiger partial charge in [-0.1, -0.05) is 48.0 Å². The molecule has 0 spiro atoms. The highest BCUT2D eigenvalue weighted by Crippen LogP contribution is 2.29. The van der Waals surface area contributed by atoms with Crippen molar-refractivity contribution in [1.29, 1.82) is 0 Å². The van der Waals surface area contributed by atoms with Gasteiger partial charge in [-0.2, -0.15) is 0 Å². The molecule has 2 N–H and O–H groups in total. The second-order valence-electron chi connectivity index (χ2n) is 6.29. The summed E-state index contributed by atoms with van der Waals surface area (Å²) in [7, 11) is 0. The van der Waals surface area contributed by atoms with Crippen molar-refractivity contribution >= 4 is 18.3 Å². The summed E-state index contributed by atoms with van der Waals surface area (Å²) in [6.07, 6.45) is 1.16. The zero-order valence-electron chi connectivity index (χ0n) is 14.5. The molecular weight excluding hydrogens is 336 g/mol. The molecule has 0 fully saturated rings. The third kappa shape index (κ3) is 4.74. The van der Waals surface area contributed by atoms with Gasteiger partial charge in [-0.05, 0) is 37.0 Å². The Morgan fingerprint density at radius 1 is 1.24 bits per heavy atom. The van der Waals surface area contributed by atoms with E-state index in [0.29, 0.717) is 26.1 Å². The maximum atomic E-state index is 12.9. The zero-order chi connectivity index (χ0) is 16.9. The molecule has 134 valence electrons. The number of fused-ring (bicyclic) bond motifs is 1. The predicted octanol–water partition coefficient (Wildman–Crippen LogP) is 3.10. The van der Waals surface area contributed by atoms with Crippen LogP contribution in [0.4, 0.5) is 0 Å². The van der Waals surface area contributed by atoms with Crippen LogP contribution in [0.15, 0.2) is 48.5 Å². The number of aryl methyl sites for hydroxylation is 2. The monoisotopic (exact) mass is 360 g/mol. The van der Waals surface area contributed by atoms with Gasteiger partial charge in [0.25, 0.3) is 5.91 Å². The van der Waals surface area contributed by atoms with E-state index in [1.54, 1.807) is 4.90 Å². The lowest BCUT2D eigenvalue weighted by Crippen LogP contribution is -2.45. The fourth-order valence-corrected chi connectivity index (χ4v) is 3.12. The maximum Gasteiger partial charge on any atom is 0.263 e. The number of ether oxygens (including phenoxy) is 1. The summed E-state index contributed by atoms with van der Waals surface area (Å²) in [6, 6.07) is 16.1. The van der Waals surface area contributed by atoms with Crippen LogP contribution < -0.4 is 10.5 Å². The Morgan fingerprint density at radius 2 is 2.00 bits per heavy atom. The number of nitrogens with two attached hydrogens (primary N) is 1. The van der Waals surface area contributed by atoms with Crippen LogP contribution in [0.3, 0.4) is 0 Å². The van der Waals surface area contributed by atoms with Crippen molar-refractivity contribution in [3.8, 4) is 5.75 Å². The van der Waals surface area contributed by atoms with Gasteiger partial charge in [-0.25, -0.2) is 0 Å². The molecule has 4 nitrogen and oxygen atoms in total. The third-order valence-electron chi connectivity index (χ3n) is 4.36. The van der Waals surface area contributed by atoms with Gasteiger partial charge in [0.1, 0.15) is 5.75 Å². The van der Waals surface area contributed by atoms with Crippen LogP contribution in [0.2, 0.25) is 0 Å². The average Bonchev–Trinajstić information content (AvgIpc) is 2.61. The van der Waals surface area contributed by atoms with Crippen LogP contribution in [0.1, 0.15) is 23.1 Å². The Kier molecular flexibility index (Phi) is 6.85. The molecule has 1 atom stereocenters. The van der Waals surface area contributed by atoms with Crippen molar-refractivity contribution in [3.05, 3.63) is 65.2 Å². The van der Waals surface area contributed by atoms with Crippen LogP contribution in [0, 0.1) is 6.92 Å². The molecule has 0 radical (unpaired) electrons. The van der Waals surface area contributed by atoms with Gasteiger partial charge in [-0.3, -0.25) is 4.79 Å². The standard InChI is InChI=1S/C20H24N2O2.ClH/c1-15-7-9-18-17(13-15)8-10-19(24-18)20(23)22(12-11-21)14-16-5-3-2-4-6-16;/h2-7,9,13,19H,8,10-12,14,21H2,1H3;1H/t19-;/m0./s1. The van der Waals surface area contributed by atoms with Crippen LogP contribution in [0.5, 0.6) is 5.75 Å². The van der Waals surface area contributed by atoms with E-state index in [4.69, 9.17) is 10.5 Å². The predicted molar refractivity (Wildman–Crippen MR) is 102 cm³/mol. The first-order valence-electron chi connectivity index (χ1n) is 8.46. The van der Waals surface area contributed by atoms with Crippen molar-refractivity contribution in [3.63, 3.8) is 0 Å². The number of benzene rings is 2. The van der Waals surface area contributed by atoms with Crippen LogP contribution in [-0.4, -0.2) is 30.0 Å². The molecule has 0 saturated carbocycles. The molecule has 1 amide bonds. The number of nitrogens with zero attached hydrogens (tertiary/aromatic N) is 1. The molecule has 0 aliphatic carbocycles. The highest BCUT2D eigenvalue weighted by molar-refractivity contribution is 5.85. The van der Waals surface area contributed by atoms with Crippen molar-refractivity contribution in [2.24, 2.45) is 5.73 Å². The summed E-state index contributed by atoms with van der Waals surface area (Å²) in [4.78, 5) is 14.7. The Hall–Kier alpha value is -2.04. The summed E-state index contributed by atoms with van der Waals surface area (Å²) in [5.74, 6) is 0.855. The number of halogens is 1. The Labute approximate surface area is 155 Å². The second-order valence-corrected chi connectivity index (χ2v) is 6.29. The highest BCUT2D eigenvalue weighted by atomic mass is 35.5. The largest absolute Gasteiger partial charge is 0.480 e. The Balaban J connectivity index is 0.00000225. The van der Waals surface area contributed by atoms with E-state index in [9.17, 15) is 4.79 Å². The molecule has 3 rings (SSSR count). The van der Waals surface area contributed by atoms with E-state index in [2.05, 4.69) is 13.0 Å². The molecule has 5 heteroatoms. The lowest BCUT2D eigenvalue weighted by molar-refractivity contribution is -0.140. The summed E-state index contributed by atoms with van der Waals surface area (Å²) < 4.78 is 5.98. The molecule has 0 saturated heterocycles. The van der Waals surface area contributed by atoms with Crippen LogP contribution >= 0.6 is 12.4 Å². The highest BCUT2D eigenvalue weighted by Gasteiger charge is 2.29. The number of rotatable bonds is 5. The van der Waals surface area contributed by atoms with Gasteiger partial charge >= 0.3 is 0 Å². The van der Waals surface area contributed by atoms with E-state index < -0.39 is 6.10 Å². The fourth-order valence-electron chi connectivity index (χ4n) is 3.12. The van der Waals surface area contributed by atoms with Crippen LogP contribution in [-0.2, 0) is 17.8 Å². The van der Waals surface area contributed by atoms with Gasteiger partial charge in [0.05, 0.1) is 0 Å². The topological polar surface area (TPSA) is 55.6 Å². The quantitative estimate of drug-likeness (QED) is 0.891. The number of amides is 1. The first kappa shape index (κ1) is 19.3. The molecule has 2 aromatic rings. The lowest BCUT2D eigenvalue weighted by Gasteiger charge is -2.31. The molecular formula is C20H25ClN2O2. The molecule has 1 heterocycles. The SMILES string of the molecule is Cc1ccc2c(c1)CC[C@@H](C(=O)N(CCN)Cc1ccccc1)O2.Cl. The first-order valence-corrected chi connectivity index (χ1v) is 8.46.